The quantitative estimate of drug-likeness (QED) is 0.565. The Balaban J connectivity index is 4.66. The molecule has 0 radical (unpaired) electrons. The van der Waals surface area contributed by atoms with E-state index in [0.29, 0.717) is 0 Å². The number of ketones is 2. The van der Waals surface area contributed by atoms with Crippen LogP contribution in [0.25, 0.3) is 0 Å². The highest BCUT2D eigenvalue weighted by Crippen LogP contribution is 2.23. The molecule has 0 heterocycles. The molecule has 0 saturated carbocycles. The molecule has 2 heteroatoms. The predicted octanol–water partition coefficient (Wildman–Crippen LogP) is 2.22. The number of carbonyl (C=O) groups is 2. The van der Waals surface area contributed by atoms with Crippen LogP contribution in [0.2, 0.25) is 0 Å². The zero-order chi connectivity index (χ0) is 10.2. The molecule has 2 nitrogen and oxygen atoms in total. The Morgan fingerprint density at radius 3 is 0.917 bits per heavy atom. The summed E-state index contributed by atoms with van der Waals surface area (Å²) in [5.41, 5.74) is -1.10. The van der Waals surface area contributed by atoms with E-state index in [2.05, 4.69) is 0 Å². The van der Waals surface area contributed by atoms with Crippen LogP contribution in [0.4, 0.5) is 0 Å². The summed E-state index contributed by atoms with van der Waals surface area (Å²) in [5, 5.41) is 0. The van der Waals surface area contributed by atoms with Crippen LogP contribution in [-0.4, -0.2) is 11.6 Å². The van der Waals surface area contributed by atoms with Gasteiger partial charge in [0.15, 0.2) is 0 Å². The molecule has 0 rings (SSSR count). The summed E-state index contributed by atoms with van der Waals surface area (Å²) in [7, 11) is 0. The monoisotopic (exact) mass is 170 g/mol. The van der Waals surface area contributed by atoms with Crippen LogP contribution in [-0.2, 0) is 9.59 Å². The van der Waals surface area contributed by atoms with Crippen molar-refractivity contribution in [3.63, 3.8) is 0 Å². The first-order chi connectivity index (χ1) is 5.07. The maximum absolute atomic E-state index is 11.5. The van der Waals surface area contributed by atoms with Crippen molar-refractivity contribution in [2.24, 2.45) is 10.8 Å². The minimum Gasteiger partial charge on any atom is -0.290 e. The van der Waals surface area contributed by atoms with Gasteiger partial charge in [0.05, 0.1) is 0 Å². The van der Waals surface area contributed by atoms with Gasteiger partial charge >= 0.3 is 0 Å². The first-order valence-electron chi connectivity index (χ1n) is 4.16. The van der Waals surface area contributed by atoms with E-state index in [9.17, 15) is 9.59 Å². The highest BCUT2D eigenvalue weighted by atomic mass is 16.2. The third kappa shape index (κ3) is 2.76. The van der Waals surface area contributed by atoms with Crippen molar-refractivity contribution >= 4 is 11.6 Å². The van der Waals surface area contributed by atoms with E-state index in [1.54, 1.807) is 41.5 Å². The lowest BCUT2D eigenvalue weighted by Gasteiger charge is -2.22. The highest BCUT2D eigenvalue weighted by molar-refractivity contribution is 6.40. The standard InChI is InChI=1S/C10H18O2/c1-9(2,3)7(11)8(12)10(4,5)6/h1-6H3. The summed E-state index contributed by atoms with van der Waals surface area (Å²) >= 11 is 0. The second-order valence-electron chi connectivity index (χ2n) is 5.16. The Labute approximate surface area is 74.3 Å². The number of carbonyl (C=O) groups excluding carboxylic acids is 2. The fraction of sp³-hybridized carbons (Fsp3) is 0.800. The van der Waals surface area contributed by atoms with E-state index in [1.807, 2.05) is 0 Å². The third-order valence-corrected chi connectivity index (χ3v) is 1.57. The highest BCUT2D eigenvalue weighted by Gasteiger charge is 2.35. The van der Waals surface area contributed by atoms with Crippen LogP contribution in [0.5, 0.6) is 0 Å². The van der Waals surface area contributed by atoms with Crippen LogP contribution < -0.4 is 0 Å². The molecule has 0 aliphatic rings. The molecule has 0 atom stereocenters. The Morgan fingerprint density at radius 1 is 0.667 bits per heavy atom. The van der Waals surface area contributed by atoms with Crippen LogP contribution in [0.15, 0.2) is 0 Å². The second kappa shape index (κ2) is 3.00. The van der Waals surface area contributed by atoms with Crippen LogP contribution in [0, 0.1) is 10.8 Å². The lowest BCUT2D eigenvalue weighted by Crippen LogP contribution is -2.36. The molecular formula is C10H18O2. The minimum absolute atomic E-state index is 0.282. The third-order valence-electron chi connectivity index (χ3n) is 1.57. The maximum Gasteiger partial charge on any atom is 0.204 e. The van der Waals surface area contributed by atoms with Crippen molar-refractivity contribution in [2.75, 3.05) is 0 Å². The fourth-order valence-electron chi connectivity index (χ4n) is 0.681. The molecular weight excluding hydrogens is 152 g/mol. The zero-order valence-corrected chi connectivity index (χ0v) is 8.82. The fourth-order valence-corrected chi connectivity index (χ4v) is 0.681. The van der Waals surface area contributed by atoms with Crippen molar-refractivity contribution in [3.05, 3.63) is 0 Å². The van der Waals surface area contributed by atoms with E-state index in [0.717, 1.165) is 0 Å². The van der Waals surface area contributed by atoms with E-state index in [-0.39, 0.29) is 11.6 Å². The van der Waals surface area contributed by atoms with Gasteiger partial charge in [0.1, 0.15) is 0 Å². The number of hydrogen-bond acceptors (Lipinski definition) is 2. The van der Waals surface area contributed by atoms with Gasteiger partial charge in [-0.2, -0.15) is 0 Å². The topological polar surface area (TPSA) is 34.1 Å². The van der Waals surface area contributed by atoms with Crippen molar-refractivity contribution in [2.45, 2.75) is 41.5 Å². The van der Waals surface area contributed by atoms with Crippen molar-refractivity contribution in [1.82, 2.24) is 0 Å². The zero-order valence-electron chi connectivity index (χ0n) is 8.82. The van der Waals surface area contributed by atoms with Gasteiger partial charge in [-0.05, 0) is 0 Å². The molecule has 0 unspecified atom stereocenters. The Kier molecular flexibility index (Phi) is 2.83. The second-order valence-corrected chi connectivity index (χ2v) is 5.16. The summed E-state index contributed by atoms with van der Waals surface area (Å²) in [4.78, 5) is 22.9. The maximum atomic E-state index is 11.5. The molecule has 0 fully saturated rings. The van der Waals surface area contributed by atoms with Gasteiger partial charge in [-0.25, -0.2) is 0 Å². The first-order valence-corrected chi connectivity index (χ1v) is 4.16. The van der Waals surface area contributed by atoms with E-state index in [4.69, 9.17) is 0 Å². The van der Waals surface area contributed by atoms with Gasteiger partial charge in [-0.1, -0.05) is 41.5 Å². The summed E-state index contributed by atoms with van der Waals surface area (Å²) in [6.07, 6.45) is 0. The molecule has 0 bridgehead atoms. The van der Waals surface area contributed by atoms with Gasteiger partial charge < -0.3 is 0 Å². The van der Waals surface area contributed by atoms with E-state index in [1.165, 1.54) is 0 Å². The lowest BCUT2D eigenvalue weighted by atomic mass is 9.79. The summed E-state index contributed by atoms with van der Waals surface area (Å²) in [6, 6.07) is 0. The Hall–Kier alpha value is -0.660. The van der Waals surface area contributed by atoms with Gasteiger partial charge in [-0.3, -0.25) is 9.59 Å². The molecule has 0 aromatic rings. The van der Waals surface area contributed by atoms with Gasteiger partial charge in [0.25, 0.3) is 0 Å². The van der Waals surface area contributed by atoms with Crippen LogP contribution in [0.1, 0.15) is 41.5 Å². The molecule has 0 amide bonds. The van der Waals surface area contributed by atoms with E-state index >= 15 is 0 Å². The lowest BCUT2D eigenvalue weighted by molar-refractivity contribution is -0.145. The molecule has 12 heavy (non-hydrogen) atoms. The van der Waals surface area contributed by atoms with Gasteiger partial charge in [-0.15, -0.1) is 0 Å². The predicted molar refractivity (Wildman–Crippen MR) is 48.9 cm³/mol. The number of hydrogen-bond donors (Lipinski definition) is 0. The molecule has 0 aliphatic heterocycles. The van der Waals surface area contributed by atoms with Crippen molar-refractivity contribution in [1.29, 1.82) is 0 Å². The molecule has 0 saturated heterocycles. The summed E-state index contributed by atoms with van der Waals surface area (Å²) < 4.78 is 0. The molecule has 0 N–H and O–H groups in total. The van der Waals surface area contributed by atoms with Gasteiger partial charge in [0, 0.05) is 10.8 Å². The average molecular weight is 170 g/mol. The van der Waals surface area contributed by atoms with Crippen molar-refractivity contribution in [3.8, 4) is 0 Å². The van der Waals surface area contributed by atoms with E-state index < -0.39 is 10.8 Å². The van der Waals surface area contributed by atoms with Crippen molar-refractivity contribution < 1.29 is 9.59 Å². The molecule has 0 aromatic carbocycles. The number of rotatable bonds is 1. The summed E-state index contributed by atoms with van der Waals surface area (Å²) in [5.74, 6) is -0.565. The van der Waals surface area contributed by atoms with Gasteiger partial charge in [0.2, 0.25) is 11.6 Å². The Morgan fingerprint density at radius 2 is 0.833 bits per heavy atom. The SMILES string of the molecule is CC(C)(C)C(=O)C(=O)C(C)(C)C. The first kappa shape index (κ1) is 11.3. The smallest absolute Gasteiger partial charge is 0.204 e. The largest absolute Gasteiger partial charge is 0.290 e. The molecule has 0 aromatic heterocycles. The molecule has 0 aliphatic carbocycles. The molecule has 0 spiro atoms. The number of Topliss-reactive ketones (excluding diaryl/α,β-unsaturated/α-hetero) is 2. The minimum atomic E-state index is -0.551. The normalized spacial score (nSPS) is 12.8. The molecule has 70 valence electrons. The van der Waals surface area contributed by atoms with Crippen LogP contribution >= 0.6 is 0 Å². The Bertz CT molecular complexity index is 177. The summed E-state index contributed by atoms with van der Waals surface area (Å²) in [6.45, 7) is 10.6. The average Bonchev–Trinajstić information content (AvgIpc) is 1.80. The van der Waals surface area contributed by atoms with Crippen LogP contribution in [0.3, 0.4) is 0 Å².